The third kappa shape index (κ3) is 4.51. The normalized spacial score (nSPS) is 12.7. The van der Waals surface area contributed by atoms with E-state index in [1.54, 1.807) is 6.92 Å². The van der Waals surface area contributed by atoms with E-state index in [9.17, 15) is 17.4 Å². The van der Waals surface area contributed by atoms with Crippen LogP contribution in [0.1, 0.15) is 17.9 Å². The molecule has 0 amide bonds. The van der Waals surface area contributed by atoms with Crippen LogP contribution in [0.25, 0.3) is 0 Å². The first-order valence-corrected chi connectivity index (χ1v) is 6.39. The van der Waals surface area contributed by atoms with Crippen LogP contribution in [0.5, 0.6) is 0 Å². The predicted molar refractivity (Wildman–Crippen MR) is 62.1 cm³/mol. The molecule has 0 aromatic carbocycles. The second kappa shape index (κ2) is 7.07. The molecular formula is C10H11F3N2O3S. The van der Waals surface area contributed by atoms with Crippen LogP contribution in [0, 0.1) is 6.92 Å². The number of aryl methyl sites for hydroxylation is 1. The number of oxazole rings is 1. The number of hydrogen-bond donors (Lipinski definition) is 0. The van der Waals surface area contributed by atoms with Gasteiger partial charge in [0.15, 0.2) is 11.6 Å². The molecule has 1 aromatic heterocycles. The number of halogens is 3. The van der Waals surface area contributed by atoms with Crippen molar-refractivity contribution >= 4 is 17.0 Å². The molecule has 106 valence electrons. The van der Waals surface area contributed by atoms with Crippen molar-refractivity contribution in [3.8, 4) is 0 Å². The molecule has 1 unspecified atom stereocenters. The van der Waals surface area contributed by atoms with Gasteiger partial charge < -0.3 is 9.25 Å². The van der Waals surface area contributed by atoms with Gasteiger partial charge >= 0.3 is 6.08 Å². The van der Waals surface area contributed by atoms with Crippen LogP contribution in [-0.4, -0.2) is 28.3 Å². The number of rotatable bonds is 6. The summed E-state index contributed by atoms with van der Waals surface area (Å²) in [5.74, 6) is -1.69. The molecule has 0 N–H and O–H groups in total. The Hall–Kier alpha value is -1.64. The van der Waals surface area contributed by atoms with E-state index in [2.05, 4.69) is 15.0 Å². The second-order valence-electron chi connectivity index (χ2n) is 3.31. The lowest BCUT2D eigenvalue weighted by atomic mass is 10.4. The van der Waals surface area contributed by atoms with Crippen LogP contribution in [0.4, 0.5) is 13.2 Å². The summed E-state index contributed by atoms with van der Waals surface area (Å²) in [6, 6.07) is 0. The minimum Gasteiger partial charge on any atom is -0.428 e. The average molecular weight is 296 g/mol. The lowest BCUT2D eigenvalue weighted by Crippen LogP contribution is -1.99. The van der Waals surface area contributed by atoms with Gasteiger partial charge in [-0.05, 0) is 6.92 Å². The van der Waals surface area contributed by atoms with Crippen molar-refractivity contribution in [2.45, 2.75) is 18.6 Å². The first-order valence-electron chi connectivity index (χ1n) is 5.07. The van der Waals surface area contributed by atoms with Gasteiger partial charge in [-0.25, -0.2) is 13.6 Å². The molecule has 0 radical (unpaired) electrons. The molecule has 1 heterocycles. The molecule has 0 fully saturated rings. The zero-order valence-electron chi connectivity index (χ0n) is 10.2. The van der Waals surface area contributed by atoms with E-state index in [1.807, 2.05) is 0 Å². The number of hydrogen-bond acceptors (Lipinski definition) is 5. The molecule has 1 rings (SSSR count). The Morgan fingerprint density at radius 3 is 2.79 bits per heavy atom. The fraction of sp³-hybridized carbons (Fsp3) is 0.400. The van der Waals surface area contributed by atoms with Crippen LogP contribution >= 0.6 is 0 Å². The molecule has 1 aromatic rings. The highest BCUT2D eigenvalue weighted by Gasteiger charge is 2.16. The van der Waals surface area contributed by atoms with Gasteiger partial charge in [0.1, 0.15) is 24.1 Å². The Bertz CT molecular complexity index is 524. The Morgan fingerprint density at radius 2 is 2.21 bits per heavy atom. The van der Waals surface area contributed by atoms with Gasteiger partial charge in [-0.1, -0.05) is 5.16 Å². The summed E-state index contributed by atoms with van der Waals surface area (Å²) in [7, 11) is -0.468. The van der Waals surface area contributed by atoms with Crippen LogP contribution < -0.4 is 0 Å². The molecule has 1 atom stereocenters. The third-order valence-corrected chi connectivity index (χ3v) is 3.13. The minimum absolute atomic E-state index is 0.165. The third-order valence-electron chi connectivity index (χ3n) is 1.99. The Kier molecular flexibility index (Phi) is 5.74. The molecule has 5 nitrogen and oxygen atoms in total. The molecule has 0 aliphatic rings. The summed E-state index contributed by atoms with van der Waals surface area (Å²) in [5, 5.41) is 3.28. The van der Waals surface area contributed by atoms with E-state index in [-0.39, 0.29) is 16.7 Å². The SMILES string of the molecule is CO/N=C/c1oc(S(=O)CCC(F)=C(F)F)nc1C. The van der Waals surface area contributed by atoms with Crippen LogP contribution in [0.2, 0.25) is 0 Å². The second-order valence-corrected chi connectivity index (χ2v) is 4.76. The van der Waals surface area contributed by atoms with Gasteiger partial charge in [0.2, 0.25) is 0 Å². The van der Waals surface area contributed by atoms with Crippen molar-refractivity contribution in [2.24, 2.45) is 5.16 Å². The Morgan fingerprint density at radius 1 is 1.53 bits per heavy atom. The zero-order valence-corrected chi connectivity index (χ0v) is 11.0. The quantitative estimate of drug-likeness (QED) is 0.597. The highest BCUT2D eigenvalue weighted by Crippen LogP contribution is 2.17. The summed E-state index contributed by atoms with van der Waals surface area (Å²) >= 11 is 0. The van der Waals surface area contributed by atoms with E-state index in [4.69, 9.17) is 4.42 Å². The maximum absolute atomic E-state index is 12.6. The van der Waals surface area contributed by atoms with Crippen molar-refractivity contribution in [1.29, 1.82) is 0 Å². The summed E-state index contributed by atoms with van der Waals surface area (Å²) in [6.07, 6.45) is -1.82. The van der Waals surface area contributed by atoms with Crippen molar-refractivity contribution in [1.82, 2.24) is 4.98 Å². The Labute approximate surface area is 109 Å². The summed E-state index contributed by atoms with van der Waals surface area (Å²) in [5.41, 5.74) is 0.414. The van der Waals surface area contributed by atoms with Crippen LogP contribution in [0.15, 0.2) is 26.7 Å². The van der Waals surface area contributed by atoms with Gasteiger partial charge in [-0.2, -0.15) is 8.78 Å². The largest absolute Gasteiger partial charge is 0.428 e. The summed E-state index contributed by atoms with van der Waals surface area (Å²) in [4.78, 5) is 8.29. The molecule has 19 heavy (non-hydrogen) atoms. The van der Waals surface area contributed by atoms with Crippen LogP contribution in [0.3, 0.4) is 0 Å². The molecule has 9 heteroatoms. The fourth-order valence-electron chi connectivity index (χ4n) is 1.06. The fourth-order valence-corrected chi connectivity index (χ4v) is 2.03. The molecule has 0 aliphatic carbocycles. The standard InChI is InChI=1S/C10H11F3N2O3S/c1-6-8(5-14-17-2)18-10(15-6)19(16)4-3-7(11)9(12)13/h5H,3-4H2,1-2H3/b14-5+. The van der Waals surface area contributed by atoms with E-state index >= 15 is 0 Å². The first kappa shape index (κ1) is 15.4. The molecular weight excluding hydrogens is 285 g/mol. The van der Waals surface area contributed by atoms with E-state index < -0.39 is 29.1 Å². The number of allylic oxidation sites excluding steroid dienone is 1. The van der Waals surface area contributed by atoms with E-state index in [0.29, 0.717) is 5.69 Å². The monoisotopic (exact) mass is 296 g/mol. The minimum atomic E-state index is -2.41. The molecule has 0 saturated carbocycles. The summed E-state index contributed by atoms with van der Waals surface area (Å²) < 4.78 is 53.0. The molecule has 0 spiro atoms. The van der Waals surface area contributed by atoms with E-state index in [1.165, 1.54) is 13.3 Å². The van der Waals surface area contributed by atoms with Gasteiger partial charge in [0, 0.05) is 12.2 Å². The first-order chi connectivity index (χ1) is 8.95. The van der Waals surface area contributed by atoms with Crippen molar-refractivity contribution in [3.63, 3.8) is 0 Å². The lowest BCUT2D eigenvalue weighted by Gasteiger charge is -1.95. The van der Waals surface area contributed by atoms with Crippen molar-refractivity contribution in [3.05, 3.63) is 23.4 Å². The number of oxime groups is 1. The van der Waals surface area contributed by atoms with Crippen LogP contribution in [-0.2, 0) is 15.6 Å². The van der Waals surface area contributed by atoms with Crippen molar-refractivity contribution < 1.29 is 26.6 Å². The van der Waals surface area contributed by atoms with Gasteiger partial charge in [-0.15, -0.1) is 0 Å². The topological polar surface area (TPSA) is 64.7 Å². The maximum atomic E-state index is 12.6. The van der Waals surface area contributed by atoms with E-state index in [0.717, 1.165) is 0 Å². The highest BCUT2D eigenvalue weighted by molar-refractivity contribution is 7.84. The highest BCUT2D eigenvalue weighted by atomic mass is 32.2. The molecule has 0 bridgehead atoms. The zero-order chi connectivity index (χ0) is 14.4. The molecule has 0 aliphatic heterocycles. The van der Waals surface area contributed by atoms with Gasteiger partial charge in [-0.3, -0.25) is 0 Å². The number of nitrogens with zero attached hydrogens (tertiary/aromatic N) is 2. The smallest absolute Gasteiger partial charge is 0.301 e. The average Bonchev–Trinajstić information content (AvgIpc) is 2.74. The number of aromatic nitrogens is 1. The van der Waals surface area contributed by atoms with Crippen molar-refractivity contribution in [2.75, 3.05) is 12.9 Å². The summed E-state index contributed by atoms with van der Waals surface area (Å²) in [6.45, 7) is 1.59. The predicted octanol–water partition coefficient (Wildman–Crippen LogP) is 2.54. The Balaban J connectivity index is 2.73. The maximum Gasteiger partial charge on any atom is 0.301 e. The lowest BCUT2D eigenvalue weighted by molar-refractivity contribution is 0.214. The van der Waals surface area contributed by atoms with Gasteiger partial charge in [0.25, 0.3) is 5.22 Å². The van der Waals surface area contributed by atoms with Gasteiger partial charge in [0.05, 0.1) is 5.69 Å². The molecule has 0 saturated heterocycles.